The van der Waals surface area contributed by atoms with E-state index in [1.54, 1.807) is 0 Å². The van der Waals surface area contributed by atoms with Crippen LogP contribution >= 0.6 is 12.2 Å². The van der Waals surface area contributed by atoms with E-state index >= 15 is 0 Å². The van der Waals surface area contributed by atoms with Gasteiger partial charge in [0.2, 0.25) is 5.91 Å². The van der Waals surface area contributed by atoms with Gasteiger partial charge in [-0.05, 0) is 37.5 Å². The molecule has 2 atom stereocenters. The number of carbonyl (C=O) groups excluding carboxylic acids is 1. The lowest BCUT2D eigenvalue weighted by Crippen LogP contribution is -2.42. The minimum Gasteiger partial charge on any atom is -0.392 e. The lowest BCUT2D eigenvalue weighted by Gasteiger charge is -2.23. The summed E-state index contributed by atoms with van der Waals surface area (Å²) >= 11 is 5.04. The first-order valence-electron chi connectivity index (χ1n) is 6.23. The van der Waals surface area contributed by atoms with Gasteiger partial charge >= 0.3 is 0 Å². The van der Waals surface area contributed by atoms with Crippen molar-refractivity contribution in [1.29, 1.82) is 0 Å². The Morgan fingerprint density at radius 2 is 1.81 bits per heavy atom. The lowest BCUT2D eigenvalue weighted by atomic mass is 10.0. The average molecular weight is 238 g/mol. The molecule has 0 aromatic rings. The third kappa shape index (κ3) is 1.39. The van der Waals surface area contributed by atoms with Crippen LogP contribution in [0.15, 0.2) is 0 Å². The smallest absolute Gasteiger partial charge is 0.235 e. The van der Waals surface area contributed by atoms with Crippen LogP contribution < -0.4 is 5.73 Å². The maximum absolute atomic E-state index is 12.4. The van der Waals surface area contributed by atoms with E-state index in [1.165, 1.54) is 19.3 Å². The monoisotopic (exact) mass is 238 g/mol. The highest BCUT2D eigenvalue weighted by molar-refractivity contribution is 7.80. The predicted molar refractivity (Wildman–Crippen MR) is 65.9 cm³/mol. The van der Waals surface area contributed by atoms with Crippen molar-refractivity contribution in [1.82, 2.24) is 4.90 Å². The molecule has 1 aliphatic heterocycles. The average Bonchev–Trinajstić information content (AvgIpc) is 2.78. The lowest BCUT2D eigenvalue weighted by molar-refractivity contribution is -0.133. The first-order valence-corrected chi connectivity index (χ1v) is 6.63. The van der Waals surface area contributed by atoms with Gasteiger partial charge in [-0.25, -0.2) is 0 Å². The Labute approximate surface area is 101 Å². The molecule has 2 unspecified atom stereocenters. The van der Waals surface area contributed by atoms with Crippen molar-refractivity contribution in [2.24, 2.45) is 23.0 Å². The summed E-state index contributed by atoms with van der Waals surface area (Å²) < 4.78 is 0. The van der Waals surface area contributed by atoms with Gasteiger partial charge in [0.15, 0.2) is 0 Å². The number of nitrogens with two attached hydrogens (primary N) is 1. The Bertz CT molecular complexity index is 339. The van der Waals surface area contributed by atoms with E-state index < -0.39 is 5.41 Å². The largest absolute Gasteiger partial charge is 0.392 e. The third-order valence-corrected chi connectivity index (χ3v) is 5.04. The predicted octanol–water partition coefficient (Wildman–Crippen LogP) is 1.31. The van der Waals surface area contributed by atoms with E-state index in [0.717, 1.165) is 37.8 Å². The molecule has 88 valence electrons. The quantitative estimate of drug-likeness (QED) is 0.738. The van der Waals surface area contributed by atoms with E-state index in [-0.39, 0.29) is 5.91 Å². The van der Waals surface area contributed by atoms with E-state index in [2.05, 4.69) is 0 Å². The molecule has 4 heteroatoms. The summed E-state index contributed by atoms with van der Waals surface area (Å²) in [4.78, 5) is 14.8. The zero-order valence-electron chi connectivity index (χ0n) is 9.45. The molecule has 0 bridgehead atoms. The molecule has 2 aliphatic carbocycles. The molecule has 3 aliphatic rings. The summed E-state index contributed by atoms with van der Waals surface area (Å²) in [6.45, 7) is 1.90. The number of hydrogen-bond acceptors (Lipinski definition) is 2. The van der Waals surface area contributed by atoms with Crippen molar-refractivity contribution in [2.75, 3.05) is 13.1 Å². The molecule has 0 aromatic carbocycles. The molecule has 1 heterocycles. The van der Waals surface area contributed by atoms with E-state index in [9.17, 15) is 4.79 Å². The summed E-state index contributed by atoms with van der Waals surface area (Å²) in [5.74, 6) is 1.73. The molecule has 0 aromatic heterocycles. The second kappa shape index (κ2) is 3.42. The molecule has 0 radical (unpaired) electrons. The normalized spacial score (nSPS) is 34.9. The molecule has 16 heavy (non-hydrogen) atoms. The van der Waals surface area contributed by atoms with Gasteiger partial charge in [-0.15, -0.1) is 0 Å². The van der Waals surface area contributed by atoms with Crippen LogP contribution in [0, 0.1) is 17.3 Å². The molecule has 1 saturated heterocycles. The Hall–Kier alpha value is -0.640. The zero-order valence-corrected chi connectivity index (χ0v) is 10.3. The van der Waals surface area contributed by atoms with Crippen molar-refractivity contribution in [2.45, 2.75) is 32.1 Å². The zero-order chi connectivity index (χ0) is 11.3. The standard InChI is InChI=1S/C12H18N2OS/c13-10(16)12(4-5-12)11(15)14-6-8-2-1-3-9(8)7-14/h8-9H,1-7H2,(H2,13,16). The van der Waals surface area contributed by atoms with Gasteiger partial charge in [0.05, 0.1) is 10.4 Å². The fourth-order valence-corrected chi connectivity index (χ4v) is 3.69. The van der Waals surface area contributed by atoms with Gasteiger partial charge in [0, 0.05) is 13.1 Å². The summed E-state index contributed by atoms with van der Waals surface area (Å²) in [5.41, 5.74) is 5.26. The maximum Gasteiger partial charge on any atom is 0.235 e. The van der Waals surface area contributed by atoms with Gasteiger partial charge in [-0.2, -0.15) is 0 Å². The Balaban J connectivity index is 1.71. The van der Waals surface area contributed by atoms with E-state index in [1.807, 2.05) is 4.90 Å². The molecule has 2 saturated carbocycles. The van der Waals surface area contributed by atoms with Crippen LogP contribution in [0.3, 0.4) is 0 Å². The van der Waals surface area contributed by atoms with Crippen LogP contribution in [-0.2, 0) is 4.79 Å². The number of thiocarbonyl (C=S) groups is 1. The number of carbonyl (C=O) groups is 1. The van der Waals surface area contributed by atoms with Crippen LogP contribution in [0.1, 0.15) is 32.1 Å². The fourth-order valence-electron chi connectivity index (χ4n) is 3.39. The van der Waals surface area contributed by atoms with Crippen LogP contribution in [0.5, 0.6) is 0 Å². The highest BCUT2D eigenvalue weighted by atomic mass is 32.1. The second-order valence-corrected chi connectivity index (χ2v) is 6.05. The van der Waals surface area contributed by atoms with E-state index in [4.69, 9.17) is 18.0 Å². The fraction of sp³-hybridized carbons (Fsp3) is 0.833. The minimum atomic E-state index is -0.437. The number of nitrogens with zero attached hydrogens (tertiary/aromatic N) is 1. The van der Waals surface area contributed by atoms with Crippen LogP contribution in [-0.4, -0.2) is 28.9 Å². The number of hydrogen-bond donors (Lipinski definition) is 1. The number of fused-ring (bicyclic) bond motifs is 1. The number of amides is 1. The number of rotatable bonds is 2. The van der Waals surface area contributed by atoms with Crippen LogP contribution in [0.4, 0.5) is 0 Å². The molecular formula is C12H18N2OS. The molecule has 0 spiro atoms. The first-order chi connectivity index (χ1) is 7.63. The summed E-state index contributed by atoms with van der Waals surface area (Å²) in [6.07, 6.45) is 5.68. The minimum absolute atomic E-state index is 0.217. The second-order valence-electron chi connectivity index (χ2n) is 5.61. The van der Waals surface area contributed by atoms with Crippen LogP contribution in [0.25, 0.3) is 0 Å². The first kappa shape index (κ1) is 10.5. The van der Waals surface area contributed by atoms with Gasteiger partial charge < -0.3 is 10.6 Å². The van der Waals surface area contributed by atoms with Crippen molar-refractivity contribution in [3.05, 3.63) is 0 Å². The van der Waals surface area contributed by atoms with Gasteiger partial charge in [-0.3, -0.25) is 4.79 Å². The Morgan fingerprint density at radius 1 is 1.25 bits per heavy atom. The highest BCUT2D eigenvalue weighted by Gasteiger charge is 2.56. The van der Waals surface area contributed by atoms with Gasteiger partial charge in [0.1, 0.15) is 0 Å². The Morgan fingerprint density at radius 3 is 2.25 bits per heavy atom. The topological polar surface area (TPSA) is 46.3 Å². The van der Waals surface area contributed by atoms with Crippen molar-refractivity contribution < 1.29 is 4.79 Å². The summed E-state index contributed by atoms with van der Waals surface area (Å²) in [7, 11) is 0. The van der Waals surface area contributed by atoms with Gasteiger partial charge in [-0.1, -0.05) is 18.6 Å². The van der Waals surface area contributed by atoms with E-state index in [0.29, 0.717) is 4.99 Å². The number of likely N-dealkylation sites (tertiary alicyclic amines) is 1. The van der Waals surface area contributed by atoms with Crippen LogP contribution in [0.2, 0.25) is 0 Å². The molecule has 1 amide bonds. The molecular weight excluding hydrogens is 220 g/mol. The van der Waals surface area contributed by atoms with Crippen molar-refractivity contribution in [3.63, 3.8) is 0 Å². The van der Waals surface area contributed by atoms with Gasteiger partial charge in [0.25, 0.3) is 0 Å². The molecule has 3 fully saturated rings. The highest BCUT2D eigenvalue weighted by Crippen LogP contribution is 2.49. The Kier molecular flexibility index (Phi) is 2.25. The maximum atomic E-state index is 12.4. The summed E-state index contributed by atoms with van der Waals surface area (Å²) in [5, 5.41) is 0. The molecule has 3 rings (SSSR count). The third-order valence-electron chi connectivity index (χ3n) is 4.64. The molecule has 2 N–H and O–H groups in total. The summed E-state index contributed by atoms with van der Waals surface area (Å²) in [6, 6.07) is 0. The van der Waals surface area contributed by atoms with Crippen molar-refractivity contribution >= 4 is 23.1 Å². The SMILES string of the molecule is NC(=S)C1(C(=O)N2CC3CCCC3C2)CC1. The molecule has 3 nitrogen and oxygen atoms in total. The van der Waals surface area contributed by atoms with Crippen molar-refractivity contribution in [3.8, 4) is 0 Å².